The number of hydrogen-bond donors (Lipinski definition) is 2. The molecule has 0 aromatic rings. The number of hydrogen-bond acceptors (Lipinski definition) is 3. The highest BCUT2D eigenvalue weighted by Gasteiger charge is 2.35. The number of amides is 1. The van der Waals surface area contributed by atoms with Crippen molar-refractivity contribution in [1.29, 1.82) is 0 Å². The summed E-state index contributed by atoms with van der Waals surface area (Å²) in [7, 11) is 0. The van der Waals surface area contributed by atoms with E-state index in [1.807, 2.05) is 6.92 Å². The second kappa shape index (κ2) is 7.85. The maximum Gasteiger partial charge on any atom is 0.224 e. The molecule has 2 unspecified atom stereocenters. The molecule has 0 bridgehead atoms. The van der Waals surface area contributed by atoms with E-state index in [0.29, 0.717) is 0 Å². The molecule has 0 radical (unpaired) electrons. The van der Waals surface area contributed by atoms with Crippen LogP contribution in [0.3, 0.4) is 0 Å². The van der Waals surface area contributed by atoms with Crippen LogP contribution in [0.5, 0.6) is 0 Å². The summed E-state index contributed by atoms with van der Waals surface area (Å²) in [4.78, 5) is 12.1. The van der Waals surface area contributed by atoms with E-state index in [9.17, 15) is 4.79 Å². The van der Waals surface area contributed by atoms with Gasteiger partial charge in [0.05, 0.1) is 5.60 Å². The Kier molecular flexibility index (Phi) is 6.80. The molecule has 1 fully saturated rings. The number of carbonyl (C=O) groups excluding carboxylic acids is 1. The molecule has 1 rings (SSSR count). The van der Waals surface area contributed by atoms with E-state index < -0.39 is 0 Å². The second-order valence-corrected chi connectivity index (χ2v) is 5.65. The summed E-state index contributed by atoms with van der Waals surface area (Å²) in [6.07, 6.45) is 3.91. The van der Waals surface area contributed by atoms with Gasteiger partial charge in [-0.25, -0.2) is 0 Å². The van der Waals surface area contributed by atoms with Crippen LogP contribution in [0.15, 0.2) is 0 Å². The molecule has 1 saturated heterocycles. The smallest absolute Gasteiger partial charge is 0.224 e. The maximum atomic E-state index is 12.1. The van der Waals surface area contributed by atoms with Crippen molar-refractivity contribution in [2.45, 2.75) is 65.0 Å². The summed E-state index contributed by atoms with van der Waals surface area (Å²) in [6, 6.07) is 0.269. The lowest BCUT2D eigenvalue weighted by Gasteiger charge is -2.40. The molecule has 0 aromatic heterocycles. The van der Waals surface area contributed by atoms with E-state index in [0.717, 1.165) is 45.4 Å². The molecule has 4 heteroatoms. The van der Waals surface area contributed by atoms with Crippen molar-refractivity contribution >= 4 is 5.91 Å². The molecule has 1 aliphatic heterocycles. The molecule has 4 nitrogen and oxygen atoms in total. The van der Waals surface area contributed by atoms with E-state index in [1.54, 1.807) is 0 Å². The van der Waals surface area contributed by atoms with Gasteiger partial charge in [-0.05, 0) is 32.2 Å². The predicted molar refractivity (Wildman–Crippen MR) is 78.1 cm³/mol. The Morgan fingerprint density at radius 3 is 2.63 bits per heavy atom. The Hall–Kier alpha value is -0.610. The van der Waals surface area contributed by atoms with Crippen LogP contribution in [0.4, 0.5) is 0 Å². The fraction of sp³-hybridized carbons (Fsp3) is 0.933. The van der Waals surface area contributed by atoms with E-state index in [4.69, 9.17) is 4.74 Å². The summed E-state index contributed by atoms with van der Waals surface area (Å²) in [6.45, 7) is 10.8. The third kappa shape index (κ3) is 4.77. The highest BCUT2D eigenvalue weighted by molar-refractivity contribution is 5.78. The predicted octanol–water partition coefficient (Wildman–Crippen LogP) is 2.09. The Morgan fingerprint density at radius 2 is 2.05 bits per heavy atom. The fourth-order valence-corrected chi connectivity index (χ4v) is 2.69. The molecule has 0 aromatic carbocycles. The molecule has 0 saturated carbocycles. The third-order valence-corrected chi connectivity index (χ3v) is 4.28. The van der Waals surface area contributed by atoms with Crippen LogP contribution in [-0.2, 0) is 9.53 Å². The average molecular weight is 270 g/mol. The van der Waals surface area contributed by atoms with Crippen LogP contribution in [0.25, 0.3) is 0 Å². The van der Waals surface area contributed by atoms with Crippen LogP contribution in [0.2, 0.25) is 0 Å². The minimum absolute atomic E-state index is 0.0267. The standard InChI is InChI=1S/C15H30N2O2/c1-5-15(6-2)10-13(8-9-19-15)17-14(18)12(4)11-16-7-3/h12-13,16H,5-11H2,1-4H3,(H,17,18). The average Bonchev–Trinajstić information content (AvgIpc) is 2.44. The van der Waals surface area contributed by atoms with Crippen LogP contribution in [0, 0.1) is 5.92 Å². The minimum Gasteiger partial charge on any atom is -0.375 e. The molecule has 0 aliphatic carbocycles. The zero-order valence-electron chi connectivity index (χ0n) is 12.9. The van der Waals surface area contributed by atoms with Gasteiger partial charge in [0, 0.05) is 25.1 Å². The van der Waals surface area contributed by atoms with Gasteiger partial charge in [-0.3, -0.25) is 4.79 Å². The lowest BCUT2D eigenvalue weighted by Crippen LogP contribution is -2.49. The topological polar surface area (TPSA) is 50.4 Å². The van der Waals surface area contributed by atoms with Crippen molar-refractivity contribution in [3.8, 4) is 0 Å². The van der Waals surface area contributed by atoms with E-state index >= 15 is 0 Å². The summed E-state index contributed by atoms with van der Waals surface area (Å²) < 4.78 is 5.94. The van der Waals surface area contributed by atoms with Gasteiger partial charge in [0.1, 0.15) is 0 Å². The van der Waals surface area contributed by atoms with E-state index in [1.165, 1.54) is 0 Å². The van der Waals surface area contributed by atoms with Crippen LogP contribution < -0.4 is 10.6 Å². The number of ether oxygens (including phenoxy) is 1. The zero-order valence-corrected chi connectivity index (χ0v) is 12.9. The summed E-state index contributed by atoms with van der Waals surface area (Å²) in [5.41, 5.74) is -0.0267. The van der Waals surface area contributed by atoms with E-state index in [2.05, 4.69) is 31.4 Å². The number of nitrogens with one attached hydrogen (secondary N) is 2. The first-order valence-corrected chi connectivity index (χ1v) is 7.72. The highest BCUT2D eigenvalue weighted by atomic mass is 16.5. The fourth-order valence-electron chi connectivity index (χ4n) is 2.69. The molecule has 19 heavy (non-hydrogen) atoms. The van der Waals surface area contributed by atoms with Crippen molar-refractivity contribution in [1.82, 2.24) is 10.6 Å². The van der Waals surface area contributed by atoms with E-state index in [-0.39, 0.29) is 23.5 Å². The molecule has 2 atom stereocenters. The van der Waals surface area contributed by atoms with Crippen LogP contribution >= 0.6 is 0 Å². The van der Waals surface area contributed by atoms with Gasteiger partial charge >= 0.3 is 0 Å². The Bertz CT molecular complexity index is 277. The first-order valence-electron chi connectivity index (χ1n) is 7.72. The first kappa shape index (κ1) is 16.4. The monoisotopic (exact) mass is 270 g/mol. The highest BCUT2D eigenvalue weighted by Crippen LogP contribution is 2.31. The second-order valence-electron chi connectivity index (χ2n) is 5.65. The Balaban J connectivity index is 2.45. The van der Waals surface area contributed by atoms with Gasteiger partial charge in [-0.1, -0.05) is 27.7 Å². The molecule has 0 spiro atoms. The van der Waals surface area contributed by atoms with Crippen LogP contribution in [-0.4, -0.2) is 37.2 Å². The van der Waals surface area contributed by atoms with Gasteiger partial charge in [0.2, 0.25) is 5.91 Å². The SMILES string of the molecule is CCNCC(C)C(=O)NC1CCOC(CC)(CC)C1. The Morgan fingerprint density at radius 1 is 1.37 bits per heavy atom. The van der Waals surface area contributed by atoms with Crippen molar-refractivity contribution in [3.63, 3.8) is 0 Å². The summed E-state index contributed by atoms with van der Waals surface area (Å²) in [5, 5.41) is 6.41. The maximum absolute atomic E-state index is 12.1. The number of carbonyl (C=O) groups is 1. The largest absolute Gasteiger partial charge is 0.375 e. The Labute approximate surface area is 117 Å². The summed E-state index contributed by atoms with van der Waals surface area (Å²) >= 11 is 0. The molecule has 1 heterocycles. The zero-order chi connectivity index (χ0) is 14.3. The quantitative estimate of drug-likeness (QED) is 0.745. The van der Waals surface area contributed by atoms with Gasteiger partial charge in [0.25, 0.3) is 0 Å². The molecule has 2 N–H and O–H groups in total. The van der Waals surface area contributed by atoms with Crippen molar-refractivity contribution in [2.24, 2.45) is 5.92 Å². The molecule has 112 valence electrons. The lowest BCUT2D eigenvalue weighted by atomic mass is 9.85. The normalized spacial score (nSPS) is 23.9. The molecule has 1 amide bonds. The number of rotatable bonds is 7. The molecule has 1 aliphatic rings. The third-order valence-electron chi connectivity index (χ3n) is 4.28. The van der Waals surface area contributed by atoms with Crippen LogP contribution in [0.1, 0.15) is 53.4 Å². The minimum atomic E-state index is -0.0267. The van der Waals surface area contributed by atoms with Crippen molar-refractivity contribution in [2.75, 3.05) is 19.7 Å². The molecular formula is C15H30N2O2. The van der Waals surface area contributed by atoms with Gasteiger partial charge in [0.15, 0.2) is 0 Å². The van der Waals surface area contributed by atoms with Crippen molar-refractivity contribution in [3.05, 3.63) is 0 Å². The van der Waals surface area contributed by atoms with Gasteiger partial charge in [-0.15, -0.1) is 0 Å². The first-order chi connectivity index (χ1) is 9.06. The van der Waals surface area contributed by atoms with Gasteiger partial charge in [-0.2, -0.15) is 0 Å². The van der Waals surface area contributed by atoms with Gasteiger partial charge < -0.3 is 15.4 Å². The lowest BCUT2D eigenvalue weighted by molar-refractivity contribution is -0.129. The van der Waals surface area contributed by atoms with Crippen molar-refractivity contribution < 1.29 is 9.53 Å². The summed E-state index contributed by atoms with van der Waals surface area (Å²) in [5.74, 6) is 0.189. The molecular weight excluding hydrogens is 240 g/mol.